The van der Waals surface area contributed by atoms with Crippen LogP contribution in [0, 0.1) is 5.92 Å². The maximum atomic E-state index is 12.6. The molecule has 2 aromatic carbocycles. The second-order valence-corrected chi connectivity index (χ2v) is 10.2. The van der Waals surface area contributed by atoms with Crippen molar-refractivity contribution in [1.29, 1.82) is 0 Å². The summed E-state index contributed by atoms with van der Waals surface area (Å²) in [5, 5.41) is 22.8. The number of nitrogens with zero attached hydrogens (tertiary/aromatic N) is 3. The number of hydrogen-bond donors (Lipinski definition) is 5. The van der Waals surface area contributed by atoms with Crippen molar-refractivity contribution in [3.05, 3.63) is 88.5 Å². The maximum Gasteiger partial charge on any atom is 0.273 e. The Labute approximate surface area is 247 Å². The van der Waals surface area contributed by atoms with Gasteiger partial charge in [-0.3, -0.25) is 19.2 Å². The average molecular weight is 581 g/mol. The molecule has 0 radical (unpaired) electrons. The number of aromatic nitrogens is 3. The molecule has 1 saturated carbocycles. The van der Waals surface area contributed by atoms with Crippen LogP contribution < -0.4 is 32.1 Å². The number of pyridine rings is 1. The molecule has 0 spiro atoms. The van der Waals surface area contributed by atoms with Gasteiger partial charge < -0.3 is 31.2 Å². The largest absolute Gasteiger partial charge is 0.386 e. The number of carbonyl (C=O) groups excluding carboxylic acids is 3. The van der Waals surface area contributed by atoms with Crippen LogP contribution in [0.3, 0.4) is 0 Å². The van der Waals surface area contributed by atoms with E-state index < -0.39 is 5.91 Å². The summed E-state index contributed by atoms with van der Waals surface area (Å²) in [5.74, 6) is -0.595. The Morgan fingerprint density at radius 1 is 0.930 bits per heavy atom. The molecule has 43 heavy (non-hydrogen) atoms. The molecule has 0 bridgehead atoms. The molecular weight excluding hydrogens is 548 g/mol. The average Bonchev–Trinajstić information content (AvgIpc) is 3.86. The van der Waals surface area contributed by atoms with Crippen LogP contribution in [-0.2, 0) is 23.1 Å². The number of amides is 3. The molecule has 0 saturated heterocycles. The van der Waals surface area contributed by atoms with Crippen LogP contribution in [0.15, 0.2) is 71.7 Å². The summed E-state index contributed by atoms with van der Waals surface area (Å²) in [5.41, 5.74) is 4.42. The van der Waals surface area contributed by atoms with Crippen LogP contribution in [0.5, 0.6) is 0 Å². The van der Waals surface area contributed by atoms with E-state index in [2.05, 4.69) is 36.8 Å². The van der Waals surface area contributed by atoms with Crippen molar-refractivity contribution < 1.29 is 14.4 Å². The lowest BCUT2D eigenvalue weighted by atomic mass is 10.0. The molecule has 3 amide bonds. The Bertz CT molecular complexity index is 1750. The molecule has 12 nitrogen and oxygen atoms in total. The molecule has 0 atom stereocenters. The number of anilines is 5. The molecule has 2 heterocycles. The number of rotatable bonds is 10. The van der Waals surface area contributed by atoms with Gasteiger partial charge in [0.15, 0.2) is 11.5 Å². The molecule has 1 aliphatic rings. The summed E-state index contributed by atoms with van der Waals surface area (Å²) in [6, 6.07) is 18.0. The molecule has 12 heteroatoms. The van der Waals surface area contributed by atoms with Gasteiger partial charge in [0.05, 0.1) is 23.5 Å². The van der Waals surface area contributed by atoms with Crippen LogP contribution in [0.4, 0.5) is 28.6 Å². The molecule has 5 rings (SSSR count). The van der Waals surface area contributed by atoms with E-state index in [1.807, 2.05) is 30.3 Å². The van der Waals surface area contributed by atoms with Gasteiger partial charge in [-0.1, -0.05) is 30.3 Å². The highest BCUT2D eigenvalue weighted by Gasteiger charge is 2.30. The molecular formula is C31H32N8O4. The highest BCUT2D eigenvalue weighted by molar-refractivity contribution is 6.01. The monoisotopic (exact) mass is 580 g/mol. The molecule has 1 aliphatic carbocycles. The quantitative estimate of drug-likeness (QED) is 0.191. The van der Waals surface area contributed by atoms with Gasteiger partial charge in [0.1, 0.15) is 0 Å². The SMILES string of the molecule is CNC(=O)c1nnc(NC(=O)C2CC2)cc1Nc1cccc(-c2ccc(NC(=O)Cc3cccn(C)c3=O)cc2)c1NC. The molecule has 5 N–H and O–H groups in total. The van der Waals surface area contributed by atoms with Gasteiger partial charge in [-0.2, -0.15) is 0 Å². The van der Waals surface area contributed by atoms with E-state index in [0.717, 1.165) is 29.7 Å². The molecule has 2 aromatic heterocycles. The third-order valence-corrected chi connectivity index (χ3v) is 7.05. The second kappa shape index (κ2) is 12.6. The second-order valence-electron chi connectivity index (χ2n) is 10.2. The van der Waals surface area contributed by atoms with Crippen molar-refractivity contribution in [2.45, 2.75) is 19.3 Å². The normalized spacial score (nSPS) is 12.3. The van der Waals surface area contributed by atoms with Gasteiger partial charge in [0.2, 0.25) is 11.8 Å². The van der Waals surface area contributed by atoms with Crippen LogP contribution in [-0.4, -0.2) is 46.6 Å². The third kappa shape index (κ3) is 6.70. The van der Waals surface area contributed by atoms with E-state index >= 15 is 0 Å². The smallest absolute Gasteiger partial charge is 0.273 e. The van der Waals surface area contributed by atoms with Crippen LogP contribution in [0.1, 0.15) is 28.9 Å². The van der Waals surface area contributed by atoms with Crippen LogP contribution in [0.2, 0.25) is 0 Å². The Morgan fingerprint density at radius 2 is 1.70 bits per heavy atom. The number of nitrogens with one attached hydrogen (secondary N) is 5. The summed E-state index contributed by atoms with van der Waals surface area (Å²) in [7, 11) is 4.94. The van der Waals surface area contributed by atoms with Crippen molar-refractivity contribution >= 4 is 46.3 Å². The lowest BCUT2D eigenvalue weighted by molar-refractivity contribution is -0.117. The number of benzene rings is 2. The molecule has 1 fully saturated rings. The van der Waals surface area contributed by atoms with Crippen LogP contribution in [0.25, 0.3) is 11.1 Å². The standard InChI is InChI=1S/C31H32N8O4/c1-32-27-22(18-11-13-21(14-12-18)34-26(40)16-20-6-5-15-39(3)31(20)43)7-4-8-23(27)35-24-17-25(36-29(41)19-9-10-19)37-38-28(24)30(42)33-2/h4-8,11-15,17,19,32H,9-10,16H2,1-3H3,(H,33,42)(H,34,40)(H2,35,36,37,41). The summed E-state index contributed by atoms with van der Waals surface area (Å²) in [6.07, 6.45) is 3.32. The highest BCUT2D eigenvalue weighted by atomic mass is 16.2. The fourth-order valence-corrected chi connectivity index (χ4v) is 4.62. The first-order valence-electron chi connectivity index (χ1n) is 13.8. The van der Waals surface area contributed by atoms with E-state index in [-0.39, 0.29) is 41.2 Å². The molecule has 0 aliphatic heterocycles. The zero-order valence-electron chi connectivity index (χ0n) is 24.0. The highest BCUT2D eigenvalue weighted by Crippen LogP contribution is 2.37. The Morgan fingerprint density at radius 3 is 2.40 bits per heavy atom. The van der Waals surface area contributed by atoms with Crippen molar-refractivity contribution in [2.75, 3.05) is 35.4 Å². The first-order chi connectivity index (χ1) is 20.8. The van der Waals surface area contributed by atoms with Gasteiger partial charge in [0, 0.05) is 56.1 Å². The zero-order valence-corrected chi connectivity index (χ0v) is 24.0. The zero-order chi connectivity index (χ0) is 30.5. The van der Waals surface area contributed by atoms with E-state index in [1.165, 1.54) is 11.6 Å². The predicted molar refractivity (Wildman–Crippen MR) is 165 cm³/mol. The Kier molecular flexibility index (Phi) is 8.46. The number of carbonyl (C=O) groups is 3. The van der Waals surface area contributed by atoms with Crippen molar-refractivity contribution in [3.63, 3.8) is 0 Å². The topological polar surface area (TPSA) is 159 Å². The summed E-state index contributed by atoms with van der Waals surface area (Å²) in [6.45, 7) is 0. The van der Waals surface area contributed by atoms with Gasteiger partial charge in [0.25, 0.3) is 11.5 Å². The fourth-order valence-electron chi connectivity index (χ4n) is 4.62. The number of para-hydroxylation sites is 1. The minimum atomic E-state index is -0.428. The Balaban J connectivity index is 1.37. The number of hydrogen-bond acceptors (Lipinski definition) is 8. The summed E-state index contributed by atoms with van der Waals surface area (Å²) < 4.78 is 1.44. The first kappa shape index (κ1) is 29.0. The number of aryl methyl sites for hydroxylation is 1. The fraction of sp³-hybridized carbons (Fsp3) is 0.226. The van der Waals surface area contributed by atoms with Gasteiger partial charge in [-0.25, -0.2) is 0 Å². The predicted octanol–water partition coefficient (Wildman–Crippen LogP) is 3.52. The van der Waals surface area contributed by atoms with Crippen molar-refractivity contribution in [2.24, 2.45) is 13.0 Å². The Hall–Kier alpha value is -5.52. The lowest BCUT2D eigenvalue weighted by Gasteiger charge is -2.18. The molecule has 220 valence electrons. The van der Waals surface area contributed by atoms with Gasteiger partial charge in [-0.05, 0) is 42.7 Å². The first-order valence-corrected chi connectivity index (χ1v) is 13.8. The minimum absolute atomic E-state index is 0.0120. The van der Waals surface area contributed by atoms with E-state index in [9.17, 15) is 19.2 Å². The van der Waals surface area contributed by atoms with Gasteiger partial charge >= 0.3 is 0 Å². The third-order valence-electron chi connectivity index (χ3n) is 7.05. The summed E-state index contributed by atoms with van der Waals surface area (Å²) >= 11 is 0. The maximum absolute atomic E-state index is 12.6. The van der Waals surface area contributed by atoms with Crippen molar-refractivity contribution in [3.8, 4) is 11.1 Å². The van der Waals surface area contributed by atoms with Crippen LogP contribution >= 0.6 is 0 Å². The minimum Gasteiger partial charge on any atom is -0.386 e. The molecule has 4 aromatic rings. The van der Waals surface area contributed by atoms with E-state index in [0.29, 0.717) is 22.6 Å². The lowest BCUT2D eigenvalue weighted by Crippen LogP contribution is -2.24. The van der Waals surface area contributed by atoms with E-state index in [4.69, 9.17) is 0 Å². The van der Waals surface area contributed by atoms with E-state index in [1.54, 1.807) is 50.6 Å². The molecule has 0 unspecified atom stereocenters. The van der Waals surface area contributed by atoms with Gasteiger partial charge in [-0.15, -0.1) is 10.2 Å². The van der Waals surface area contributed by atoms with Crippen molar-refractivity contribution in [1.82, 2.24) is 20.1 Å². The summed E-state index contributed by atoms with van der Waals surface area (Å²) in [4.78, 5) is 49.7.